The minimum atomic E-state index is -0.660. The van der Waals surface area contributed by atoms with Crippen LogP contribution < -0.4 is 0 Å². The Morgan fingerprint density at radius 3 is 2.66 bits per heavy atom. The van der Waals surface area contributed by atoms with Gasteiger partial charge in [-0.3, -0.25) is 4.98 Å². The molecule has 2 heterocycles. The fraction of sp³-hybridized carbons (Fsp3) is 0.231. The molecule has 162 valence electrons. The van der Waals surface area contributed by atoms with Crippen molar-refractivity contribution in [3.05, 3.63) is 101 Å². The Morgan fingerprint density at radius 1 is 1.16 bits per heavy atom. The third-order valence-corrected chi connectivity index (χ3v) is 6.05. The maximum Gasteiger partial charge on any atom is 0.339 e. The lowest BCUT2D eigenvalue weighted by Crippen LogP contribution is -2.11. The molecule has 6 heteroatoms. The van der Waals surface area contributed by atoms with Crippen molar-refractivity contribution >= 4 is 16.9 Å². The zero-order valence-corrected chi connectivity index (χ0v) is 17.6. The zero-order valence-electron chi connectivity index (χ0n) is 17.6. The topological polar surface area (TPSA) is 44.1 Å². The lowest BCUT2D eigenvalue weighted by Gasteiger charge is -2.12. The van der Waals surface area contributed by atoms with Gasteiger partial charge in [0.05, 0.1) is 23.9 Å². The number of hydrogen-bond acceptors (Lipinski definition) is 3. The van der Waals surface area contributed by atoms with E-state index in [1.807, 2.05) is 34.9 Å². The van der Waals surface area contributed by atoms with Gasteiger partial charge in [-0.25, -0.2) is 13.6 Å². The van der Waals surface area contributed by atoms with Crippen LogP contribution in [-0.4, -0.2) is 22.6 Å². The summed E-state index contributed by atoms with van der Waals surface area (Å²) in [4.78, 5) is 16.7. The predicted molar refractivity (Wildman–Crippen MR) is 118 cm³/mol. The standard InChI is InChI=1S/C26H22F2N2O2/c1-32-26(31)21-11-18(17-7-8-17)14-29-23(21)12-20-22(27)13-24-19(25(20)28)9-10-30(24)15-16-5-3-2-4-6-16/h2-6,9-11,13-14,17H,7-8,12,15H2,1H3. The van der Waals surface area contributed by atoms with Crippen LogP contribution in [0.4, 0.5) is 8.78 Å². The molecule has 0 aliphatic heterocycles. The molecule has 5 rings (SSSR count). The molecule has 1 fully saturated rings. The molecule has 32 heavy (non-hydrogen) atoms. The van der Waals surface area contributed by atoms with Crippen molar-refractivity contribution in [2.24, 2.45) is 0 Å². The summed E-state index contributed by atoms with van der Waals surface area (Å²) in [7, 11) is 1.29. The lowest BCUT2D eigenvalue weighted by molar-refractivity contribution is 0.0599. The second-order valence-corrected chi connectivity index (χ2v) is 8.22. The summed E-state index contributed by atoms with van der Waals surface area (Å²) >= 11 is 0. The fourth-order valence-corrected chi connectivity index (χ4v) is 4.13. The van der Waals surface area contributed by atoms with Gasteiger partial charge in [-0.1, -0.05) is 30.3 Å². The van der Waals surface area contributed by atoms with E-state index in [2.05, 4.69) is 4.98 Å². The monoisotopic (exact) mass is 432 g/mol. The molecule has 2 aromatic heterocycles. The average Bonchev–Trinajstić information content (AvgIpc) is 3.59. The summed E-state index contributed by atoms with van der Waals surface area (Å²) in [6, 6.07) is 14.5. The highest BCUT2D eigenvalue weighted by Gasteiger charge is 2.27. The van der Waals surface area contributed by atoms with Crippen LogP contribution >= 0.6 is 0 Å². The Labute approximate surface area is 184 Å². The molecule has 4 aromatic rings. The molecule has 2 aromatic carbocycles. The average molecular weight is 432 g/mol. The second kappa shape index (κ2) is 8.19. The van der Waals surface area contributed by atoms with Gasteiger partial charge >= 0.3 is 5.97 Å². The molecular weight excluding hydrogens is 410 g/mol. The molecule has 1 aliphatic carbocycles. The van der Waals surface area contributed by atoms with Gasteiger partial charge in [-0.2, -0.15) is 0 Å². The van der Waals surface area contributed by atoms with E-state index >= 15 is 8.78 Å². The van der Waals surface area contributed by atoms with Crippen molar-refractivity contribution in [1.82, 2.24) is 9.55 Å². The second-order valence-electron chi connectivity index (χ2n) is 8.22. The van der Waals surface area contributed by atoms with Crippen LogP contribution in [0.25, 0.3) is 10.9 Å². The summed E-state index contributed by atoms with van der Waals surface area (Å²) in [6.07, 6.45) is 5.44. The number of methoxy groups -OCH3 is 1. The number of benzene rings is 2. The number of halogens is 2. The van der Waals surface area contributed by atoms with Gasteiger partial charge in [-0.05, 0) is 48.1 Å². The summed E-state index contributed by atoms with van der Waals surface area (Å²) in [5.74, 6) is -1.44. The predicted octanol–water partition coefficient (Wildman–Crippen LogP) is 5.62. The summed E-state index contributed by atoms with van der Waals surface area (Å²) < 4.78 is 37.2. The lowest BCUT2D eigenvalue weighted by atomic mass is 10.0. The highest BCUT2D eigenvalue weighted by atomic mass is 19.1. The molecule has 4 nitrogen and oxygen atoms in total. The number of aromatic nitrogens is 2. The van der Waals surface area contributed by atoms with Crippen molar-refractivity contribution in [3.8, 4) is 0 Å². The molecule has 0 unspecified atom stereocenters. The van der Waals surface area contributed by atoms with Crippen LogP contribution in [0.5, 0.6) is 0 Å². The van der Waals surface area contributed by atoms with Crippen LogP contribution in [0.2, 0.25) is 0 Å². The number of esters is 1. The molecule has 0 amide bonds. The van der Waals surface area contributed by atoms with Gasteiger partial charge in [0, 0.05) is 36.3 Å². The summed E-state index contributed by atoms with van der Waals surface area (Å²) in [6.45, 7) is 0.513. The summed E-state index contributed by atoms with van der Waals surface area (Å²) in [5.41, 5.74) is 2.95. The maximum atomic E-state index is 15.4. The van der Waals surface area contributed by atoms with Gasteiger partial charge in [-0.15, -0.1) is 0 Å². The van der Waals surface area contributed by atoms with Crippen molar-refractivity contribution in [2.75, 3.05) is 7.11 Å². The van der Waals surface area contributed by atoms with E-state index in [1.54, 1.807) is 24.5 Å². The highest BCUT2D eigenvalue weighted by molar-refractivity contribution is 5.91. The molecule has 0 bridgehead atoms. The van der Waals surface area contributed by atoms with E-state index in [-0.39, 0.29) is 17.5 Å². The number of hydrogen-bond donors (Lipinski definition) is 0. The van der Waals surface area contributed by atoms with Gasteiger partial charge in [0.2, 0.25) is 0 Å². The molecule has 0 atom stereocenters. The first-order chi connectivity index (χ1) is 15.5. The largest absolute Gasteiger partial charge is 0.465 e. The molecule has 0 saturated heterocycles. The van der Waals surface area contributed by atoms with E-state index in [1.165, 1.54) is 13.2 Å². The van der Waals surface area contributed by atoms with Crippen molar-refractivity contribution < 1.29 is 18.3 Å². The number of fused-ring (bicyclic) bond motifs is 1. The molecular formula is C26H22F2N2O2. The number of carbonyl (C=O) groups excluding carboxylic acids is 1. The molecule has 1 saturated carbocycles. The van der Waals surface area contributed by atoms with E-state index in [9.17, 15) is 4.79 Å². The molecule has 0 spiro atoms. The maximum absolute atomic E-state index is 15.4. The van der Waals surface area contributed by atoms with Crippen LogP contribution in [0.15, 0.2) is 60.9 Å². The molecule has 0 N–H and O–H groups in total. The summed E-state index contributed by atoms with van der Waals surface area (Å²) in [5, 5.41) is 0.339. The molecule has 1 aliphatic rings. The van der Waals surface area contributed by atoms with E-state index in [0.717, 1.165) is 24.0 Å². The normalized spacial score (nSPS) is 13.5. The minimum Gasteiger partial charge on any atom is -0.465 e. The van der Waals surface area contributed by atoms with E-state index in [0.29, 0.717) is 29.1 Å². The Morgan fingerprint density at radius 2 is 1.94 bits per heavy atom. The van der Waals surface area contributed by atoms with Crippen LogP contribution in [0, 0.1) is 11.6 Å². The number of nitrogens with zero attached hydrogens (tertiary/aromatic N) is 2. The van der Waals surface area contributed by atoms with Gasteiger partial charge in [0.25, 0.3) is 0 Å². The van der Waals surface area contributed by atoms with Gasteiger partial charge < -0.3 is 9.30 Å². The SMILES string of the molecule is COC(=O)c1cc(C2CC2)cnc1Cc1c(F)cc2c(ccn2Cc2ccccc2)c1F. The van der Waals surface area contributed by atoms with Crippen molar-refractivity contribution in [3.63, 3.8) is 0 Å². The van der Waals surface area contributed by atoms with Gasteiger partial charge in [0.1, 0.15) is 11.6 Å². The Kier molecular flexibility index (Phi) is 5.21. The smallest absolute Gasteiger partial charge is 0.339 e. The zero-order chi connectivity index (χ0) is 22.2. The minimum absolute atomic E-state index is 0.105. The first-order valence-electron chi connectivity index (χ1n) is 10.6. The van der Waals surface area contributed by atoms with Crippen LogP contribution in [0.3, 0.4) is 0 Å². The first kappa shape index (κ1) is 20.4. The Bertz CT molecular complexity index is 1310. The third kappa shape index (κ3) is 3.77. The fourth-order valence-electron chi connectivity index (χ4n) is 4.13. The molecule has 0 radical (unpaired) electrons. The highest BCUT2D eigenvalue weighted by Crippen LogP contribution is 2.40. The number of pyridine rings is 1. The number of carbonyl (C=O) groups is 1. The van der Waals surface area contributed by atoms with E-state index in [4.69, 9.17) is 4.74 Å². The quantitative estimate of drug-likeness (QED) is 0.372. The number of rotatable bonds is 6. The van der Waals surface area contributed by atoms with Gasteiger partial charge in [0.15, 0.2) is 0 Å². The first-order valence-corrected chi connectivity index (χ1v) is 10.6. The van der Waals surface area contributed by atoms with Crippen molar-refractivity contribution in [2.45, 2.75) is 31.7 Å². The third-order valence-electron chi connectivity index (χ3n) is 6.05. The van der Waals surface area contributed by atoms with Crippen molar-refractivity contribution in [1.29, 1.82) is 0 Å². The Balaban J connectivity index is 1.52. The van der Waals surface area contributed by atoms with Crippen LogP contribution in [0.1, 0.15) is 51.5 Å². The van der Waals surface area contributed by atoms with Crippen LogP contribution in [-0.2, 0) is 17.7 Å². The Hall–Kier alpha value is -3.54. The number of ether oxygens (including phenoxy) is 1. The van der Waals surface area contributed by atoms with E-state index < -0.39 is 17.6 Å².